The Hall–Kier alpha value is -7.30. The Kier molecular flexibility index (Phi) is 15.2. The standard InChI is InChI=1S/5C22H35ClN4O/c5*1-17-5-4-6-20(21(17)23)27-15-13-26(14-16-27)12-11-18-7-9-19(10-8-18)24-22(28)25(2)3/h5*4-6,18-19H,7-16H2,1-3H3,(H,24,28)/i2D3,7D2,8D2,9D2,10D2,12D2,13D2,14D2,15D2,16D2,18D,19D;2D3,7D2,8D2,9D2,10D2,11D2,13D2,14D2,15D2,16D2,18D,19D;7D2,8D2,9D2,10D2,12D2,13D2,14D2,15D2,16D2,18D,19D;7D2,8D2,9D2,10D2,11D2,13D2,14D2,15D2,16D2,18D,19D;2D3,7D2,8D2,9D2,10D2,13D2,14D2,15D2,16D2,18D,19D. The fourth-order valence-electron chi connectivity index (χ4n) is 10.7. The smallest absolute Gasteiger partial charge is 0.317 e. The summed E-state index contributed by atoms with van der Waals surface area (Å²) in [5.41, 5.74) is -1.22. The third-order valence-electron chi connectivity index (χ3n) is 18.3. The molecule has 0 spiro atoms. The Morgan fingerprint density at radius 1 is 0.286 bits per heavy atom. The van der Waals surface area contributed by atoms with Crippen LogP contribution in [0.4, 0.5) is 52.4 Å². The van der Waals surface area contributed by atoms with Gasteiger partial charge in [-0.1, -0.05) is 119 Å². The second kappa shape index (κ2) is 57.6. The van der Waals surface area contributed by atoms with Gasteiger partial charge in [0.15, 0.2) is 0 Å². The highest BCUT2D eigenvalue weighted by Crippen LogP contribution is 2.39. The summed E-state index contributed by atoms with van der Waals surface area (Å²) in [5, 5.41) is 5.96. The van der Waals surface area contributed by atoms with E-state index in [-0.39, 0.29) is 96.4 Å². The van der Waals surface area contributed by atoms with E-state index in [2.05, 4.69) is 0 Å². The summed E-state index contributed by atoms with van der Waals surface area (Å²) < 4.78 is 916. The quantitative estimate of drug-likeness (QED) is 0.0370. The summed E-state index contributed by atoms with van der Waals surface area (Å²) in [6, 6.07) is -9.17. The first-order valence-electron chi connectivity index (χ1n) is 94.6. The van der Waals surface area contributed by atoms with Gasteiger partial charge in [-0.25, -0.2) is 24.0 Å². The number of rotatable bonds is 25. The SMILES string of the molecule is [2H]C([2H])(CC1([2H])C([2H])([2H])C([2H])([2H])C([2H])(NC(=O)N(C)C)C([2H])([2H])C1([2H])[2H])N1C([2H])([2H])C([2H])([2H])N(c2cccc(C)c2Cl)C([2H])([2H])C1([2H])[2H].[2H]C([2H])(CN1C([2H])([2H])C([2H])([2H])N(c2cccc(C)c2Cl)C([2H])([2H])C1([2H])[2H])C1([2H])C([2H])([2H])C([2H])([2H])C([2H])(NC(=O)N(C)C)C([2H])([2H])C1([2H])[2H].[2H]C([2H])([2H])N(C)C(=O)NC1([2H])C([2H])([2H])C([2H])([2H])C([2H])(C([2H])([2H])CN2C([2H])([2H])C([2H])([2H])N(c3cccc(C)c3Cl)C([2H])([2H])C2([2H])[2H])C([2H])([2H])C1([2H])[2H].[2H]C([2H])([2H])N(C)C(=O)NC1([2H])C([2H])([2H])C([2H])([2H])C([2H])(CC([2H])([2H])N2C([2H])([2H])C([2H])([2H])N(c3cccc(C)c3Cl)C([2H])([2H])C2([2H])[2H])C([2H])([2H])C1([2H])[2H].[2H]C([2H])([2H])N(C)C(=O)NC1([2H])C([2H])([2H])C([2H])([2H])C([2H])(CCN2C([2H])([2H])C([2H])([2H])N(c3cccc(C)c3Cl)C([2H])([2H])C2([2H])[2H])C([2H])([2H])C1([2H])[2H]. The van der Waals surface area contributed by atoms with Gasteiger partial charge in [-0.3, -0.25) is 24.5 Å². The third kappa shape index (κ3) is 35.8. The molecule has 0 bridgehead atoms. The van der Waals surface area contributed by atoms with Gasteiger partial charge in [-0.15, -0.1) is 0 Å². The van der Waals surface area contributed by atoms with E-state index in [0.29, 0.717) is 36.5 Å². The van der Waals surface area contributed by atoms with Crippen molar-refractivity contribution in [2.24, 2.45) is 29.5 Å². The molecule has 5 heterocycles. The molecule has 5 aliphatic carbocycles. The van der Waals surface area contributed by atoms with E-state index in [1.807, 2.05) is 0 Å². The third-order valence-corrected chi connectivity index (χ3v) is 20.8. The molecule has 5 aliphatic heterocycles. The summed E-state index contributed by atoms with van der Waals surface area (Å²) in [6.45, 7) is -91.6. The predicted molar refractivity (Wildman–Crippen MR) is 587 cm³/mol. The Balaban J connectivity index is 0.000000279. The molecule has 10 aliphatic rings. The van der Waals surface area contributed by atoms with E-state index in [9.17, 15) is 24.0 Å². The van der Waals surface area contributed by atoms with Crippen molar-refractivity contribution in [2.45, 2.75) is 224 Å². The molecule has 30 heteroatoms. The molecule has 5 aromatic rings. The first kappa shape index (κ1) is 36.9. The Morgan fingerprint density at radius 3 is 0.693 bits per heavy atom. The van der Waals surface area contributed by atoms with Crippen LogP contribution in [-0.2, 0) is 0 Å². The monoisotopic (exact) mass is 2140 g/mol. The fraction of sp³-hybridized carbons (Fsp3) is 0.682. The summed E-state index contributed by atoms with van der Waals surface area (Å²) in [6.07, 6.45) is -98.7. The van der Waals surface area contributed by atoms with Crippen molar-refractivity contribution in [3.05, 3.63) is 144 Å². The zero-order chi connectivity index (χ0) is 196. The topological polar surface area (TPSA) is 194 Å². The Labute approximate surface area is 1020 Å². The summed E-state index contributed by atoms with van der Waals surface area (Å²) in [7, 11) is 6.30. The molecular formula is C110H175Cl5N20O5. The van der Waals surface area contributed by atoms with Crippen molar-refractivity contribution in [3.63, 3.8) is 0 Å². The number of carbonyl (C=O) groups excluding carboxylic acids is 5. The van der Waals surface area contributed by atoms with E-state index in [4.69, 9.17) is 205 Å². The normalized spacial score (nSPS) is 55.1. The van der Waals surface area contributed by atoms with Gasteiger partial charge in [-0.05, 0) is 314 Å². The molecule has 0 unspecified atom stereocenters. The number of hydrogen-bond acceptors (Lipinski definition) is 15. The lowest BCUT2D eigenvalue weighted by Gasteiger charge is -2.37. The molecule has 10 fully saturated rings. The average Bonchev–Trinajstić information content (AvgIpc) is 0.631. The van der Waals surface area contributed by atoms with Crippen LogP contribution in [0, 0.1) is 64.1 Å². The number of benzene rings is 5. The number of nitrogens with zero attached hydrogens (tertiary/aromatic N) is 15. The maximum atomic E-state index is 12.8. The largest absolute Gasteiger partial charge is 0.368 e. The van der Waals surface area contributed by atoms with Crippen LogP contribution in [0.15, 0.2) is 91.0 Å². The van der Waals surface area contributed by atoms with E-state index in [1.165, 1.54) is 111 Å². The van der Waals surface area contributed by atoms with Crippen LogP contribution in [0.2, 0.25) is 25.1 Å². The average molecular weight is 2140 g/mol. The number of carbonyl (C=O) groups is 5. The lowest BCUT2D eigenvalue weighted by atomic mass is 9.84. The fourth-order valence-corrected chi connectivity index (χ4v) is 11.7. The number of hydrogen-bond donors (Lipinski definition) is 5. The molecular weight excluding hydrogens is 1860 g/mol. The van der Waals surface area contributed by atoms with Gasteiger partial charge in [0.25, 0.3) is 0 Å². The number of amides is 10. The maximum Gasteiger partial charge on any atom is 0.317 e. The Bertz CT molecular complexity index is 9820. The van der Waals surface area contributed by atoms with Gasteiger partial charge in [0.2, 0.25) is 0 Å². The molecule has 10 amide bonds. The summed E-state index contributed by atoms with van der Waals surface area (Å²) in [5.74, 6) is -20.8. The van der Waals surface area contributed by atoms with E-state index in [0.717, 1.165) is 58.5 Å². The minimum Gasteiger partial charge on any atom is -0.368 e. The van der Waals surface area contributed by atoms with Gasteiger partial charge in [0, 0.05) is 343 Å². The lowest BCUT2D eigenvalue weighted by Crippen LogP contribution is -2.47. The number of urea groups is 5. The molecule has 5 aromatic carbocycles. The van der Waals surface area contributed by atoms with Gasteiger partial charge < -0.3 is 75.6 Å². The molecule has 5 saturated heterocycles. The highest BCUT2D eigenvalue weighted by atomic mass is 35.5. The number of aryl methyl sites for hydroxylation is 5. The molecule has 25 nitrogen and oxygen atoms in total. The number of nitrogens with one attached hydrogen (secondary N) is 5. The van der Waals surface area contributed by atoms with Gasteiger partial charge >= 0.3 is 30.2 Å². The number of anilines is 5. The minimum absolute atomic E-state index is 0.00218. The predicted octanol–water partition coefficient (Wildman–Crippen LogP) is 20.0. The van der Waals surface area contributed by atoms with Crippen LogP contribution in [0.5, 0.6) is 0 Å². The molecule has 0 radical (unpaired) electrons. The van der Waals surface area contributed by atoms with Crippen LogP contribution in [0.1, 0.15) is 334 Å². The van der Waals surface area contributed by atoms with Gasteiger partial charge in [0.1, 0.15) is 0 Å². The minimum atomic E-state index is -4.51. The molecule has 780 valence electrons. The van der Waals surface area contributed by atoms with Crippen molar-refractivity contribution in [1.82, 2.24) is 75.6 Å². The molecule has 5 saturated carbocycles. The van der Waals surface area contributed by atoms with Crippen LogP contribution < -0.4 is 51.1 Å². The van der Waals surface area contributed by atoms with Gasteiger partial charge in [0.05, 0.1) is 87.8 Å². The maximum absolute atomic E-state index is 12.8. The van der Waals surface area contributed by atoms with Crippen molar-refractivity contribution in [1.29, 1.82) is 0 Å². The first-order chi connectivity index (χ1) is 108. The number of piperazine rings is 5. The lowest BCUT2D eigenvalue weighted by molar-refractivity contribution is 0.194. The Morgan fingerprint density at radius 2 is 0.479 bits per heavy atom. The summed E-state index contributed by atoms with van der Waals surface area (Å²) >= 11 is 31.5. The van der Waals surface area contributed by atoms with Crippen LogP contribution >= 0.6 is 58.0 Å². The molecule has 0 atom stereocenters. The zero-order valence-corrected chi connectivity index (χ0v) is 80.3. The summed E-state index contributed by atoms with van der Waals surface area (Å²) in [4.78, 5) is 62.6. The second-order valence-electron chi connectivity index (χ2n) is 29.4. The molecule has 15 rings (SSSR count). The highest BCUT2D eigenvalue weighted by Gasteiger charge is 2.33. The number of halogens is 5. The van der Waals surface area contributed by atoms with Crippen LogP contribution in [-0.4, -0.2) is 342 Å². The molecule has 140 heavy (non-hydrogen) atoms. The van der Waals surface area contributed by atoms with Crippen molar-refractivity contribution < 1.29 is 171 Å². The van der Waals surface area contributed by atoms with E-state index in [1.54, 1.807) is 10.6 Å². The zero-order valence-electron chi connectivity index (χ0n) is 184. The van der Waals surface area contributed by atoms with Gasteiger partial charge in [-0.2, -0.15) is 0 Å². The molecule has 0 aromatic heterocycles. The van der Waals surface area contributed by atoms with Crippen molar-refractivity contribution >= 4 is 117 Å². The van der Waals surface area contributed by atoms with E-state index < -0.39 is 476 Å². The second-order valence-corrected chi connectivity index (χ2v) is 31.3. The van der Waals surface area contributed by atoms with E-state index >= 15 is 0 Å². The van der Waals surface area contributed by atoms with Crippen molar-refractivity contribution in [2.75, 3.05) is 257 Å². The van der Waals surface area contributed by atoms with Crippen LogP contribution in [0.3, 0.4) is 0 Å². The highest BCUT2D eigenvalue weighted by molar-refractivity contribution is 6.35. The van der Waals surface area contributed by atoms with Crippen molar-refractivity contribution in [3.8, 4) is 0 Å². The molecule has 5 N–H and O–H groups in total. The van der Waals surface area contributed by atoms with Crippen LogP contribution in [0.25, 0.3) is 0 Å². The first-order valence-corrected chi connectivity index (χ1v) is 43.0.